The number of morpholine rings is 1. The molecule has 1 aliphatic heterocycles. The highest BCUT2D eigenvalue weighted by molar-refractivity contribution is 6.04. The van der Waals surface area contributed by atoms with Crippen LogP contribution in [0, 0.1) is 12.3 Å². The summed E-state index contributed by atoms with van der Waals surface area (Å²) in [5.74, 6) is 2.39. The van der Waals surface area contributed by atoms with Crippen molar-refractivity contribution in [1.82, 2.24) is 25.3 Å². The van der Waals surface area contributed by atoms with E-state index in [1.54, 1.807) is 11.0 Å². The number of rotatable bonds is 1. The van der Waals surface area contributed by atoms with Crippen LogP contribution in [0.2, 0.25) is 0 Å². The Balaban J connectivity index is 1.99. The standard InChI is InChI=1S/C12H11N5O2/c1-2-8-7-19-6-5-17(8)12(18)9-3-4-13-11-10(9)14-16-15-11/h1,3-4,8H,5-7H2,(H,13,14,15,16). The zero-order valence-electron chi connectivity index (χ0n) is 10.0. The first-order valence-electron chi connectivity index (χ1n) is 5.81. The molecule has 96 valence electrons. The second kappa shape index (κ2) is 4.66. The predicted molar refractivity (Wildman–Crippen MR) is 66.2 cm³/mol. The molecule has 2 aromatic rings. The van der Waals surface area contributed by atoms with E-state index in [1.165, 1.54) is 6.20 Å². The Hall–Kier alpha value is -2.46. The number of pyridine rings is 1. The number of H-pyrrole nitrogens is 1. The number of terminal acetylenes is 1. The number of amides is 1. The molecule has 3 rings (SSSR count). The highest BCUT2D eigenvalue weighted by Gasteiger charge is 2.28. The molecule has 2 aromatic heterocycles. The number of carbonyl (C=O) groups is 1. The van der Waals surface area contributed by atoms with Gasteiger partial charge in [-0.15, -0.1) is 11.5 Å². The summed E-state index contributed by atoms with van der Waals surface area (Å²) in [6.07, 6.45) is 6.96. The van der Waals surface area contributed by atoms with Gasteiger partial charge in [0.1, 0.15) is 11.6 Å². The first-order chi connectivity index (χ1) is 9.31. The summed E-state index contributed by atoms with van der Waals surface area (Å²) in [5, 5.41) is 10.3. The van der Waals surface area contributed by atoms with Crippen molar-refractivity contribution in [2.75, 3.05) is 19.8 Å². The molecule has 0 aromatic carbocycles. The monoisotopic (exact) mass is 257 g/mol. The highest BCUT2D eigenvalue weighted by atomic mass is 16.5. The average molecular weight is 257 g/mol. The third kappa shape index (κ3) is 1.92. The molecule has 1 saturated heterocycles. The molecule has 1 aliphatic rings. The van der Waals surface area contributed by atoms with Gasteiger partial charge in [0.2, 0.25) is 5.65 Å². The largest absolute Gasteiger partial charge is 0.376 e. The maximum atomic E-state index is 12.5. The molecular weight excluding hydrogens is 246 g/mol. The number of ether oxygens (including phenoxy) is 1. The van der Waals surface area contributed by atoms with Crippen LogP contribution >= 0.6 is 0 Å². The van der Waals surface area contributed by atoms with E-state index in [4.69, 9.17) is 11.2 Å². The number of hydrogen-bond acceptors (Lipinski definition) is 5. The molecule has 7 heteroatoms. The lowest BCUT2D eigenvalue weighted by molar-refractivity contribution is 0.0139. The van der Waals surface area contributed by atoms with E-state index in [0.717, 1.165) is 0 Å². The maximum absolute atomic E-state index is 12.5. The van der Waals surface area contributed by atoms with Gasteiger partial charge in [-0.05, 0) is 6.07 Å². The maximum Gasteiger partial charge on any atom is 0.257 e. The Bertz CT molecular complexity index is 659. The van der Waals surface area contributed by atoms with Crippen molar-refractivity contribution in [2.24, 2.45) is 0 Å². The zero-order valence-corrected chi connectivity index (χ0v) is 10.0. The fraction of sp³-hybridized carbons (Fsp3) is 0.333. The van der Waals surface area contributed by atoms with Crippen LogP contribution in [0.3, 0.4) is 0 Å². The molecule has 0 radical (unpaired) electrons. The number of hydrogen-bond donors (Lipinski definition) is 1. The lowest BCUT2D eigenvalue weighted by Gasteiger charge is -2.32. The predicted octanol–water partition coefficient (Wildman–Crippen LogP) is -0.173. The lowest BCUT2D eigenvalue weighted by Crippen LogP contribution is -2.48. The van der Waals surface area contributed by atoms with Crippen molar-refractivity contribution in [3.8, 4) is 12.3 Å². The van der Waals surface area contributed by atoms with Crippen molar-refractivity contribution >= 4 is 17.1 Å². The minimum Gasteiger partial charge on any atom is -0.376 e. The van der Waals surface area contributed by atoms with Gasteiger partial charge in [-0.2, -0.15) is 10.3 Å². The summed E-state index contributed by atoms with van der Waals surface area (Å²) in [4.78, 5) is 18.2. The number of nitrogens with zero attached hydrogens (tertiary/aromatic N) is 4. The van der Waals surface area contributed by atoms with Crippen molar-refractivity contribution in [3.05, 3.63) is 17.8 Å². The molecule has 0 spiro atoms. The molecule has 1 fully saturated rings. The molecular formula is C12H11N5O2. The second-order valence-corrected chi connectivity index (χ2v) is 4.11. The van der Waals surface area contributed by atoms with E-state index in [0.29, 0.717) is 36.5 Å². The average Bonchev–Trinajstić information content (AvgIpc) is 2.94. The first kappa shape index (κ1) is 11.6. The second-order valence-electron chi connectivity index (χ2n) is 4.11. The third-order valence-corrected chi connectivity index (χ3v) is 3.03. The van der Waals surface area contributed by atoms with E-state index in [-0.39, 0.29) is 11.9 Å². The van der Waals surface area contributed by atoms with Crippen LogP contribution in [0.25, 0.3) is 11.2 Å². The van der Waals surface area contributed by atoms with Crippen molar-refractivity contribution < 1.29 is 9.53 Å². The van der Waals surface area contributed by atoms with Crippen LogP contribution in [0.1, 0.15) is 10.4 Å². The molecule has 19 heavy (non-hydrogen) atoms. The van der Waals surface area contributed by atoms with Gasteiger partial charge in [0.15, 0.2) is 0 Å². The smallest absolute Gasteiger partial charge is 0.257 e. The molecule has 0 aliphatic carbocycles. The SMILES string of the molecule is C#CC1COCCN1C(=O)c1ccnc2n[nH]nc12. The van der Waals surface area contributed by atoms with E-state index in [1.807, 2.05) is 0 Å². The molecule has 0 saturated carbocycles. The van der Waals surface area contributed by atoms with Crippen molar-refractivity contribution in [1.29, 1.82) is 0 Å². The quantitative estimate of drug-likeness (QED) is 0.717. The summed E-state index contributed by atoms with van der Waals surface area (Å²) < 4.78 is 5.28. The van der Waals surface area contributed by atoms with Crippen molar-refractivity contribution in [3.63, 3.8) is 0 Å². The Morgan fingerprint density at radius 2 is 2.47 bits per heavy atom. The van der Waals surface area contributed by atoms with Crippen LogP contribution in [-0.2, 0) is 4.74 Å². The Morgan fingerprint density at radius 1 is 1.58 bits per heavy atom. The first-order valence-corrected chi connectivity index (χ1v) is 5.81. The third-order valence-electron chi connectivity index (χ3n) is 3.03. The van der Waals surface area contributed by atoms with Crippen LogP contribution in [-0.4, -0.2) is 57.0 Å². The fourth-order valence-electron chi connectivity index (χ4n) is 2.07. The van der Waals surface area contributed by atoms with E-state index >= 15 is 0 Å². The molecule has 1 unspecified atom stereocenters. The van der Waals surface area contributed by atoms with Gasteiger partial charge in [0, 0.05) is 12.7 Å². The fourth-order valence-corrected chi connectivity index (χ4v) is 2.07. The van der Waals surface area contributed by atoms with Gasteiger partial charge < -0.3 is 9.64 Å². The van der Waals surface area contributed by atoms with E-state index < -0.39 is 0 Å². The number of aromatic amines is 1. The summed E-state index contributed by atoms with van der Waals surface area (Å²) in [5.41, 5.74) is 1.31. The van der Waals surface area contributed by atoms with Crippen LogP contribution in [0.15, 0.2) is 12.3 Å². The molecule has 1 atom stereocenters. The Labute approximate surface area is 109 Å². The van der Waals surface area contributed by atoms with Crippen molar-refractivity contribution in [2.45, 2.75) is 6.04 Å². The van der Waals surface area contributed by atoms with Gasteiger partial charge in [-0.1, -0.05) is 5.92 Å². The Morgan fingerprint density at radius 3 is 3.32 bits per heavy atom. The number of aromatic nitrogens is 4. The van der Waals surface area contributed by atoms with Gasteiger partial charge in [0.05, 0.1) is 18.8 Å². The summed E-state index contributed by atoms with van der Waals surface area (Å²) >= 11 is 0. The normalized spacial score (nSPS) is 19.3. The number of nitrogens with one attached hydrogen (secondary N) is 1. The summed E-state index contributed by atoms with van der Waals surface area (Å²) in [6, 6.07) is 1.27. The van der Waals surface area contributed by atoms with Gasteiger partial charge in [0.25, 0.3) is 5.91 Å². The number of fused-ring (bicyclic) bond motifs is 1. The van der Waals surface area contributed by atoms with Crippen LogP contribution < -0.4 is 0 Å². The zero-order chi connectivity index (χ0) is 13.2. The molecule has 7 nitrogen and oxygen atoms in total. The minimum absolute atomic E-state index is 0.174. The van der Waals surface area contributed by atoms with Gasteiger partial charge in [-0.25, -0.2) is 4.98 Å². The molecule has 1 amide bonds. The highest BCUT2D eigenvalue weighted by Crippen LogP contribution is 2.17. The van der Waals surface area contributed by atoms with Crippen LogP contribution in [0.5, 0.6) is 0 Å². The number of carbonyl (C=O) groups excluding carboxylic acids is 1. The van der Waals surface area contributed by atoms with E-state index in [2.05, 4.69) is 26.3 Å². The van der Waals surface area contributed by atoms with Crippen LogP contribution in [0.4, 0.5) is 0 Å². The molecule has 1 N–H and O–H groups in total. The minimum atomic E-state index is -0.351. The summed E-state index contributed by atoms with van der Waals surface area (Å²) in [7, 11) is 0. The van der Waals surface area contributed by atoms with Gasteiger partial charge >= 0.3 is 0 Å². The lowest BCUT2D eigenvalue weighted by atomic mass is 10.1. The summed E-state index contributed by atoms with van der Waals surface area (Å²) in [6.45, 7) is 1.31. The molecule has 0 bridgehead atoms. The molecule has 3 heterocycles. The Kier molecular flexibility index (Phi) is 2.85. The topological polar surface area (TPSA) is 84.0 Å². The van der Waals surface area contributed by atoms with E-state index in [9.17, 15) is 4.79 Å². The van der Waals surface area contributed by atoms with Gasteiger partial charge in [-0.3, -0.25) is 4.79 Å².